The lowest BCUT2D eigenvalue weighted by Crippen LogP contribution is -2.40. The fourth-order valence-electron chi connectivity index (χ4n) is 4.46. The molecule has 0 saturated carbocycles. The van der Waals surface area contributed by atoms with Crippen LogP contribution in [0.5, 0.6) is 0 Å². The Bertz CT molecular complexity index is 920. The molecular formula is C25H30N2O4. The fourth-order valence-corrected chi connectivity index (χ4v) is 4.46. The van der Waals surface area contributed by atoms with Crippen LogP contribution in [0.1, 0.15) is 44.2 Å². The lowest BCUT2D eigenvalue weighted by molar-refractivity contribution is -0.130. The lowest BCUT2D eigenvalue weighted by atomic mass is 9.98. The van der Waals surface area contributed by atoms with Crippen molar-refractivity contribution in [2.45, 2.75) is 44.8 Å². The van der Waals surface area contributed by atoms with Crippen LogP contribution in [0.3, 0.4) is 0 Å². The molecule has 164 valence electrons. The Morgan fingerprint density at radius 1 is 1.03 bits per heavy atom. The van der Waals surface area contributed by atoms with Crippen molar-refractivity contribution in [1.29, 1.82) is 0 Å². The molecule has 0 radical (unpaired) electrons. The van der Waals surface area contributed by atoms with Crippen molar-refractivity contribution in [1.82, 2.24) is 10.2 Å². The zero-order valence-electron chi connectivity index (χ0n) is 18.4. The third-order valence-electron chi connectivity index (χ3n) is 5.75. The van der Waals surface area contributed by atoms with Gasteiger partial charge in [-0.05, 0) is 49.4 Å². The number of likely N-dealkylation sites (tertiary alicyclic amines) is 1. The second-order valence-corrected chi connectivity index (χ2v) is 9.16. The van der Waals surface area contributed by atoms with E-state index in [-0.39, 0.29) is 36.7 Å². The van der Waals surface area contributed by atoms with Gasteiger partial charge in [-0.3, -0.25) is 4.79 Å². The van der Waals surface area contributed by atoms with E-state index in [4.69, 9.17) is 9.47 Å². The van der Waals surface area contributed by atoms with Gasteiger partial charge in [0, 0.05) is 19.0 Å². The molecule has 1 aliphatic heterocycles. The molecule has 2 amide bonds. The first kappa shape index (κ1) is 21.4. The van der Waals surface area contributed by atoms with Crippen LogP contribution in [0.25, 0.3) is 11.1 Å². The van der Waals surface area contributed by atoms with Crippen LogP contribution in [0.2, 0.25) is 0 Å². The molecule has 2 aromatic carbocycles. The molecule has 1 aliphatic carbocycles. The first-order valence-electron chi connectivity index (χ1n) is 10.9. The third kappa shape index (κ3) is 4.90. The lowest BCUT2D eigenvalue weighted by Gasteiger charge is -2.25. The van der Waals surface area contributed by atoms with E-state index in [0.29, 0.717) is 13.1 Å². The monoisotopic (exact) mass is 422 g/mol. The van der Waals surface area contributed by atoms with E-state index in [0.717, 1.165) is 17.5 Å². The maximum Gasteiger partial charge on any atom is 0.407 e. The van der Waals surface area contributed by atoms with Gasteiger partial charge in [-0.2, -0.15) is 0 Å². The van der Waals surface area contributed by atoms with E-state index in [1.807, 2.05) is 45.0 Å². The third-order valence-corrected chi connectivity index (χ3v) is 5.75. The van der Waals surface area contributed by atoms with E-state index in [1.165, 1.54) is 11.1 Å². The van der Waals surface area contributed by atoms with E-state index >= 15 is 0 Å². The Hall–Kier alpha value is -2.86. The van der Waals surface area contributed by atoms with Crippen LogP contribution in [0.15, 0.2) is 48.5 Å². The minimum Gasteiger partial charge on any atom is -0.449 e. The number of nitrogens with one attached hydrogen (secondary N) is 1. The van der Waals surface area contributed by atoms with Crippen LogP contribution in [0, 0.1) is 0 Å². The molecule has 1 saturated heterocycles. The van der Waals surface area contributed by atoms with Crippen molar-refractivity contribution in [3.8, 4) is 11.1 Å². The summed E-state index contributed by atoms with van der Waals surface area (Å²) in [7, 11) is 0. The maximum absolute atomic E-state index is 12.4. The largest absolute Gasteiger partial charge is 0.449 e. The predicted octanol–water partition coefficient (Wildman–Crippen LogP) is 3.94. The summed E-state index contributed by atoms with van der Waals surface area (Å²) in [6.45, 7) is 7.40. The van der Waals surface area contributed by atoms with Gasteiger partial charge in [-0.15, -0.1) is 0 Å². The number of fused-ring (bicyclic) bond motifs is 3. The number of carbonyl (C=O) groups is 2. The van der Waals surface area contributed by atoms with Gasteiger partial charge in [0.15, 0.2) is 0 Å². The molecule has 0 bridgehead atoms. The standard InChI is InChI=1S/C25H30N2O4/c1-25(2,3)31-17-12-13-27(15-17)23(28)14-26-24(29)30-16-22-20-10-6-4-8-18(20)19-9-5-7-11-21(19)22/h4-11,17,22H,12-16H2,1-3H3,(H,26,29). The minimum atomic E-state index is -0.572. The number of hydrogen-bond acceptors (Lipinski definition) is 4. The van der Waals surface area contributed by atoms with Gasteiger partial charge in [0.25, 0.3) is 0 Å². The highest BCUT2D eigenvalue weighted by atomic mass is 16.5. The molecule has 6 heteroatoms. The summed E-state index contributed by atoms with van der Waals surface area (Å²) in [6.07, 6.45) is 0.281. The topological polar surface area (TPSA) is 67.9 Å². The second kappa shape index (κ2) is 8.71. The SMILES string of the molecule is CC(C)(C)OC1CCN(C(=O)CNC(=O)OCC2c3ccccc3-c3ccccc32)C1. The average molecular weight is 423 g/mol. The molecule has 2 aliphatic rings. The number of rotatable bonds is 5. The van der Waals surface area contributed by atoms with Gasteiger partial charge in [-0.25, -0.2) is 4.79 Å². The van der Waals surface area contributed by atoms with Crippen LogP contribution in [-0.2, 0) is 14.3 Å². The smallest absolute Gasteiger partial charge is 0.407 e. The number of ether oxygens (including phenoxy) is 2. The minimum absolute atomic E-state index is 0.00254. The van der Waals surface area contributed by atoms with Crippen molar-refractivity contribution in [2.24, 2.45) is 0 Å². The second-order valence-electron chi connectivity index (χ2n) is 9.16. The quantitative estimate of drug-likeness (QED) is 0.793. The summed E-state index contributed by atoms with van der Waals surface area (Å²) in [4.78, 5) is 26.5. The summed E-state index contributed by atoms with van der Waals surface area (Å²) in [6, 6.07) is 16.4. The average Bonchev–Trinajstić information content (AvgIpc) is 3.32. The van der Waals surface area contributed by atoms with Crippen molar-refractivity contribution < 1.29 is 19.1 Å². The molecule has 1 heterocycles. The Kier molecular flexibility index (Phi) is 6.01. The Morgan fingerprint density at radius 3 is 2.26 bits per heavy atom. The molecule has 0 aromatic heterocycles. The molecule has 1 unspecified atom stereocenters. The summed E-state index contributed by atoms with van der Waals surface area (Å²) in [5, 5.41) is 2.60. The first-order chi connectivity index (χ1) is 14.8. The van der Waals surface area contributed by atoms with Gasteiger partial charge in [0.05, 0.1) is 11.7 Å². The van der Waals surface area contributed by atoms with Crippen LogP contribution in [0.4, 0.5) is 4.79 Å². The van der Waals surface area contributed by atoms with Gasteiger partial charge < -0.3 is 19.7 Å². The number of amides is 2. The zero-order valence-corrected chi connectivity index (χ0v) is 18.4. The highest BCUT2D eigenvalue weighted by molar-refractivity contribution is 5.83. The molecule has 31 heavy (non-hydrogen) atoms. The van der Waals surface area contributed by atoms with Crippen molar-refractivity contribution >= 4 is 12.0 Å². The number of carbonyl (C=O) groups excluding carboxylic acids is 2. The van der Waals surface area contributed by atoms with Gasteiger partial charge in [0.2, 0.25) is 5.91 Å². The summed E-state index contributed by atoms with van der Waals surface area (Å²) in [5.41, 5.74) is 4.46. The number of hydrogen-bond donors (Lipinski definition) is 1. The predicted molar refractivity (Wildman–Crippen MR) is 119 cm³/mol. The molecule has 2 aromatic rings. The molecule has 1 atom stereocenters. The number of nitrogens with zero attached hydrogens (tertiary/aromatic N) is 1. The van der Waals surface area contributed by atoms with Crippen LogP contribution >= 0.6 is 0 Å². The highest BCUT2D eigenvalue weighted by Crippen LogP contribution is 2.44. The Morgan fingerprint density at radius 2 is 1.65 bits per heavy atom. The molecule has 6 nitrogen and oxygen atoms in total. The summed E-state index contributed by atoms with van der Waals surface area (Å²) < 4.78 is 11.4. The fraction of sp³-hybridized carbons (Fsp3) is 0.440. The first-order valence-corrected chi connectivity index (χ1v) is 10.9. The van der Waals surface area contributed by atoms with E-state index in [9.17, 15) is 9.59 Å². The van der Waals surface area contributed by atoms with Crippen molar-refractivity contribution in [3.05, 3.63) is 59.7 Å². The molecular weight excluding hydrogens is 392 g/mol. The summed E-state index contributed by atoms with van der Waals surface area (Å²) >= 11 is 0. The molecule has 0 spiro atoms. The summed E-state index contributed by atoms with van der Waals surface area (Å²) in [5.74, 6) is -0.115. The van der Waals surface area contributed by atoms with Gasteiger partial charge >= 0.3 is 6.09 Å². The highest BCUT2D eigenvalue weighted by Gasteiger charge is 2.31. The maximum atomic E-state index is 12.4. The Labute approximate surface area is 183 Å². The Balaban J connectivity index is 1.27. The normalized spacial score (nSPS) is 17.9. The van der Waals surface area contributed by atoms with Gasteiger partial charge in [0.1, 0.15) is 13.2 Å². The van der Waals surface area contributed by atoms with E-state index in [2.05, 4.69) is 29.6 Å². The van der Waals surface area contributed by atoms with Crippen LogP contribution in [-0.4, -0.2) is 54.8 Å². The van der Waals surface area contributed by atoms with E-state index < -0.39 is 6.09 Å². The molecule has 4 rings (SSSR count). The zero-order chi connectivity index (χ0) is 22.0. The van der Waals surface area contributed by atoms with E-state index in [1.54, 1.807) is 4.90 Å². The van der Waals surface area contributed by atoms with Crippen LogP contribution < -0.4 is 5.32 Å². The molecule has 1 fully saturated rings. The number of alkyl carbamates (subject to hydrolysis) is 1. The van der Waals surface area contributed by atoms with Gasteiger partial charge in [-0.1, -0.05) is 48.5 Å². The molecule has 1 N–H and O–H groups in total. The number of benzene rings is 2. The van der Waals surface area contributed by atoms with Crippen molar-refractivity contribution in [3.63, 3.8) is 0 Å². The van der Waals surface area contributed by atoms with Crippen molar-refractivity contribution in [2.75, 3.05) is 26.2 Å².